The van der Waals surface area contributed by atoms with E-state index in [9.17, 15) is 9.59 Å². The third kappa shape index (κ3) is 3.75. The zero-order chi connectivity index (χ0) is 20.9. The van der Waals surface area contributed by atoms with Gasteiger partial charge in [0, 0.05) is 12.1 Å². The molecule has 0 aromatic heterocycles. The first-order valence-electron chi connectivity index (χ1n) is 11.1. The molecule has 30 heavy (non-hydrogen) atoms. The average molecular weight is 414 g/mol. The lowest BCUT2D eigenvalue weighted by Crippen LogP contribution is -2.62. The highest BCUT2D eigenvalue weighted by Gasteiger charge is 2.51. The fourth-order valence-electron chi connectivity index (χ4n) is 6.42. The number of amides is 3. The van der Waals surface area contributed by atoms with E-state index in [0.29, 0.717) is 6.54 Å². The minimum absolute atomic E-state index is 0.0965. The predicted octanol–water partition coefficient (Wildman–Crippen LogP) is 3.03. The van der Waals surface area contributed by atoms with Gasteiger partial charge >= 0.3 is 6.03 Å². The highest BCUT2D eigenvalue weighted by atomic mass is 16.7. The number of carbonyl (C=O) groups excluding carboxylic acids is 2. The van der Waals surface area contributed by atoms with Crippen molar-refractivity contribution in [3.05, 3.63) is 23.8 Å². The Morgan fingerprint density at radius 3 is 2.40 bits per heavy atom. The minimum atomic E-state index is -0.433. The van der Waals surface area contributed by atoms with E-state index in [1.807, 2.05) is 37.1 Å². The summed E-state index contributed by atoms with van der Waals surface area (Å²) in [7, 11) is 1.88. The van der Waals surface area contributed by atoms with Crippen LogP contribution in [-0.2, 0) is 11.3 Å². The Bertz CT molecular complexity index is 820. The standard InChI is InChI=1S/C23H31N3O4/c1-14(26(2)12-15-3-4-19-20(8-15)30-13-29-19)21(27)24-22(28)25-23-9-16-5-17(10-23)7-18(6-16)11-23/h3-4,8,14,16-18H,5-7,9-13H2,1-2H3,(H2,24,25,27,28)/t14-,16?,17?,18?,23?/m1/s1. The lowest BCUT2D eigenvalue weighted by Gasteiger charge is -2.56. The van der Waals surface area contributed by atoms with Crippen LogP contribution in [0.1, 0.15) is 51.0 Å². The topological polar surface area (TPSA) is 79.9 Å². The molecular weight excluding hydrogens is 382 g/mol. The summed E-state index contributed by atoms with van der Waals surface area (Å²) in [5.74, 6) is 3.44. The van der Waals surface area contributed by atoms with Crippen LogP contribution in [0.5, 0.6) is 11.5 Å². The second kappa shape index (κ2) is 7.45. The maximum atomic E-state index is 12.7. The summed E-state index contributed by atoms with van der Waals surface area (Å²) in [5.41, 5.74) is 0.931. The molecule has 4 bridgehead atoms. The molecule has 2 N–H and O–H groups in total. The molecule has 162 valence electrons. The molecule has 1 aromatic rings. The van der Waals surface area contributed by atoms with Crippen LogP contribution in [0.4, 0.5) is 4.79 Å². The molecule has 7 heteroatoms. The predicted molar refractivity (Wildman–Crippen MR) is 111 cm³/mol. The van der Waals surface area contributed by atoms with Crippen LogP contribution in [-0.4, -0.2) is 42.3 Å². The number of urea groups is 1. The van der Waals surface area contributed by atoms with Gasteiger partial charge in [0.05, 0.1) is 6.04 Å². The number of nitrogens with zero attached hydrogens (tertiary/aromatic N) is 1. The van der Waals surface area contributed by atoms with Crippen LogP contribution < -0.4 is 20.1 Å². The zero-order valence-electron chi connectivity index (χ0n) is 17.8. The fourth-order valence-corrected chi connectivity index (χ4v) is 6.42. The van der Waals surface area contributed by atoms with Crippen LogP contribution in [0, 0.1) is 17.8 Å². The van der Waals surface area contributed by atoms with E-state index in [-0.39, 0.29) is 24.3 Å². The zero-order valence-corrected chi connectivity index (χ0v) is 17.8. The van der Waals surface area contributed by atoms with Gasteiger partial charge in [-0.2, -0.15) is 0 Å². The van der Waals surface area contributed by atoms with Crippen molar-refractivity contribution in [1.82, 2.24) is 15.5 Å². The van der Waals surface area contributed by atoms with Crippen molar-refractivity contribution >= 4 is 11.9 Å². The second-order valence-electron chi connectivity index (χ2n) is 9.92. The molecule has 1 heterocycles. The van der Waals surface area contributed by atoms with E-state index in [1.165, 1.54) is 19.3 Å². The molecule has 0 unspecified atom stereocenters. The smallest absolute Gasteiger partial charge is 0.321 e. The van der Waals surface area contributed by atoms with Crippen LogP contribution in [0.2, 0.25) is 0 Å². The number of ether oxygens (including phenoxy) is 2. The number of imide groups is 1. The Balaban J connectivity index is 1.15. The Hall–Kier alpha value is -2.28. The third-order valence-electron chi connectivity index (χ3n) is 7.56. The Labute approximate surface area is 177 Å². The van der Waals surface area contributed by atoms with Crippen LogP contribution in [0.15, 0.2) is 18.2 Å². The average Bonchev–Trinajstić information content (AvgIpc) is 3.13. The molecule has 4 fully saturated rings. The maximum absolute atomic E-state index is 12.7. The van der Waals surface area contributed by atoms with E-state index < -0.39 is 6.04 Å². The summed E-state index contributed by atoms with van der Waals surface area (Å²) in [4.78, 5) is 27.3. The normalized spacial score (nSPS) is 31.6. The van der Waals surface area contributed by atoms with Crippen LogP contribution in [0.25, 0.3) is 0 Å². The number of nitrogens with one attached hydrogen (secondary N) is 2. The highest BCUT2D eigenvalue weighted by molar-refractivity contribution is 5.97. The quantitative estimate of drug-likeness (QED) is 0.776. The van der Waals surface area contributed by atoms with Crippen molar-refractivity contribution in [3.63, 3.8) is 0 Å². The van der Waals surface area contributed by atoms with Gasteiger partial charge in [-0.25, -0.2) is 4.79 Å². The number of rotatable bonds is 5. The molecule has 3 amide bonds. The fraction of sp³-hybridized carbons (Fsp3) is 0.652. The first-order valence-corrected chi connectivity index (χ1v) is 11.1. The first-order chi connectivity index (χ1) is 14.4. The van der Waals surface area contributed by atoms with Crippen molar-refractivity contribution in [2.24, 2.45) is 17.8 Å². The number of hydrogen-bond acceptors (Lipinski definition) is 5. The maximum Gasteiger partial charge on any atom is 0.321 e. The Morgan fingerprint density at radius 2 is 1.73 bits per heavy atom. The largest absolute Gasteiger partial charge is 0.454 e. The molecule has 1 atom stereocenters. The molecule has 1 aliphatic heterocycles. The van der Waals surface area contributed by atoms with Gasteiger partial charge in [0.2, 0.25) is 12.7 Å². The van der Waals surface area contributed by atoms with Gasteiger partial charge in [0.1, 0.15) is 0 Å². The molecule has 4 aliphatic carbocycles. The van der Waals surface area contributed by atoms with Crippen molar-refractivity contribution in [2.45, 2.75) is 63.6 Å². The summed E-state index contributed by atoms with van der Waals surface area (Å²) in [6.07, 6.45) is 7.18. The first kappa shape index (κ1) is 19.7. The van der Waals surface area contributed by atoms with E-state index in [0.717, 1.165) is 54.1 Å². The SMILES string of the molecule is C[C@H](C(=O)NC(=O)NC12CC3CC(CC(C3)C1)C2)N(C)Cc1ccc2c(c1)OCO2. The van der Waals surface area contributed by atoms with Crippen LogP contribution >= 0.6 is 0 Å². The lowest BCUT2D eigenvalue weighted by molar-refractivity contribution is -0.124. The van der Waals surface area contributed by atoms with Gasteiger partial charge in [0.15, 0.2) is 11.5 Å². The molecule has 4 saturated carbocycles. The number of carbonyl (C=O) groups is 2. The lowest BCUT2D eigenvalue weighted by atomic mass is 9.53. The van der Waals surface area contributed by atoms with Gasteiger partial charge in [-0.3, -0.25) is 15.0 Å². The molecule has 0 saturated heterocycles. The highest BCUT2D eigenvalue weighted by Crippen LogP contribution is 2.55. The number of fused-ring (bicyclic) bond motifs is 1. The van der Waals surface area contributed by atoms with Gasteiger partial charge in [-0.15, -0.1) is 0 Å². The molecule has 5 aliphatic rings. The number of benzene rings is 1. The van der Waals surface area contributed by atoms with E-state index in [1.54, 1.807) is 0 Å². The van der Waals surface area contributed by atoms with E-state index in [4.69, 9.17) is 9.47 Å². The third-order valence-corrected chi connectivity index (χ3v) is 7.56. The minimum Gasteiger partial charge on any atom is -0.454 e. The Kier molecular flexibility index (Phi) is 4.88. The van der Waals surface area contributed by atoms with Crippen molar-refractivity contribution < 1.29 is 19.1 Å². The monoisotopic (exact) mass is 413 g/mol. The van der Waals surface area contributed by atoms with Gasteiger partial charge < -0.3 is 14.8 Å². The number of likely N-dealkylation sites (N-methyl/N-ethyl adjacent to an activating group) is 1. The number of hydrogen-bond donors (Lipinski definition) is 2. The summed E-state index contributed by atoms with van der Waals surface area (Å²) < 4.78 is 10.8. The molecule has 0 radical (unpaired) electrons. The molecule has 0 spiro atoms. The van der Waals surface area contributed by atoms with Crippen molar-refractivity contribution in [3.8, 4) is 11.5 Å². The summed E-state index contributed by atoms with van der Waals surface area (Å²) >= 11 is 0. The summed E-state index contributed by atoms with van der Waals surface area (Å²) in [5, 5.41) is 5.80. The molecular formula is C23H31N3O4. The molecule has 1 aromatic carbocycles. The van der Waals surface area contributed by atoms with E-state index >= 15 is 0 Å². The van der Waals surface area contributed by atoms with Gasteiger partial charge in [-0.1, -0.05) is 6.07 Å². The molecule has 7 nitrogen and oxygen atoms in total. The second-order valence-corrected chi connectivity index (χ2v) is 9.92. The summed E-state index contributed by atoms with van der Waals surface area (Å²) in [6, 6.07) is 5.01. The van der Waals surface area contributed by atoms with E-state index in [2.05, 4.69) is 10.6 Å². The Morgan fingerprint density at radius 1 is 1.10 bits per heavy atom. The van der Waals surface area contributed by atoms with Gasteiger partial charge in [0.25, 0.3) is 0 Å². The van der Waals surface area contributed by atoms with Crippen LogP contribution in [0.3, 0.4) is 0 Å². The summed E-state index contributed by atoms with van der Waals surface area (Å²) in [6.45, 7) is 2.63. The van der Waals surface area contributed by atoms with Crippen molar-refractivity contribution in [2.75, 3.05) is 13.8 Å². The van der Waals surface area contributed by atoms with Crippen molar-refractivity contribution in [1.29, 1.82) is 0 Å². The van der Waals surface area contributed by atoms with Gasteiger partial charge in [-0.05, 0) is 87.9 Å². The molecule has 6 rings (SSSR count).